The average molecular weight is 360 g/mol. The van der Waals surface area contributed by atoms with E-state index in [0.717, 1.165) is 12.1 Å². The number of methoxy groups -OCH3 is 1. The maximum absolute atomic E-state index is 11.2. The van der Waals surface area contributed by atoms with Crippen LogP contribution in [0, 0.1) is 20.2 Å². The molecule has 2 rings (SSSR count). The van der Waals surface area contributed by atoms with Crippen LogP contribution in [0.25, 0.3) is 0 Å². The second-order valence-electron chi connectivity index (χ2n) is 5.10. The minimum absolute atomic E-state index is 0.0261. The first-order valence-electron chi connectivity index (χ1n) is 7.43. The molecule has 0 amide bonds. The quantitative estimate of drug-likeness (QED) is 0.418. The van der Waals surface area contributed by atoms with E-state index in [-0.39, 0.29) is 12.3 Å². The van der Waals surface area contributed by atoms with Gasteiger partial charge in [0.1, 0.15) is 11.8 Å². The summed E-state index contributed by atoms with van der Waals surface area (Å²) in [7, 11) is 1.40. The zero-order chi connectivity index (χ0) is 19.1. The summed E-state index contributed by atoms with van der Waals surface area (Å²) in [5.74, 6) is 0. The van der Waals surface area contributed by atoms with Gasteiger partial charge in [-0.1, -0.05) is 30.3 Å². The Hall–Kier alpha value is -3.37. The summed E-state index contributed by atoms with van der Waals surface area (Å²) in [5.41, 5.74) is 2.59. The Kier molecular flexibility index (Phi) is 6.31. The zero-order valence-electron chi connectivity index (χ0n) is 13.7. The van der Waals surface area contributed by atoms with Crippen LogP contribution < -0.4 is 5.43 Å². The summed E-state index contributed by atoms with van der Waals surface area (Å²) in [6, 6.07) is 12.0. The average Bonchev–Trinajstić information content (AvgIpc) is 2.65. The molecular formula is C16H16N4O6. The van der Waals surface area contributed by atoms with Crippen molar-refractivity contribution >= 4 is 22.8 Å². The maximum atomic E-state index is 11.2. The largest absolute Gasteiger partial charge is 0.393 e. The van der Waals surface area contributed by atoms with Crippen molar-refractivity contribution < 1.29 is 19.7 Å². The van der Waals surface area contributed by atoms with Crippen molar-refractivity contribution in [2.75, 3.05) is 19.1 Å². The van der Waals surface area contributed by atoms with Gasteiger partial charge in [0.05, 0.1) is 28.2 Å². The number of hydrazone groups is 1. The first-order chi connectivity index (χ1) is 12.5. The van der Waals surface area contributed by atoms with E-state index in [4.69, 9.17) is 4.74 Å². The first kappa shape index (κ1) is 19.0. The highest BCUT2D eigenvalue weighted by Gasteiger charge is 2.21. The Morgan fingerprint density at radius 1 is 1.19 bits per heavy atom. The Bertz CT molecular complexity index is 821. The molecule has 0 spiro atoms. The van der Waals surface area contributed by atoms with Gasteiger partial charge in [0.2, 0.25) is 0 Å². The number of hydrogen-bond acceptors (Lipinski definition) is 8. The number of nitrogens with one attached hydrogen (secondary N) is 1. The minimum Gasteiger partial charge on any atom is -0.393 e. The number of hydrogen-bond donors (Lipinski definition) is 2. The molecule has 0 radical (unpaired) electrons. The summed E-state index contributed by atoms with van der Waals surface area (Å²) >= 11 is 0. The number of nitro benzene ring substituents is 2. The maximum Gasteiger partial charge on any atom is 0.301 e. The number of benzene rings is 2. The molecule has 0 aliphatic rings. The molecule has 0 aliphatic carbocycles. The minimum atomic E-state index is -0.762. The van der Waals surface area contributed by atoms with Crippen LogP contribution in [0.3, 0.4) is 0 Å². The number of nitro groups is 2. The topological polar surface area (TPSA) is 140 Å². The summed E-state index contributed by atoms with van der Waals surface area (Å²) in [6.07, 6.45) is -0.762. The predicted octanol–water partition coefficient (Wildman–Crippen LogP) is 2.33. The van der Waals surface area contributed by atoms with Crippen molar-refractivity contribution in [1.29, 1.82) is 0 Å². The third-order valence-electron chi connectivity index (χ3n) is 3.51. The Morgan fingerprint density at radius 3 is 2.42 bits per heavy atom. The van der Waals surface area contributed by atoms with Gasteiger partial charge in [-0.25, -0.2) is 0 Å². The second kappa shape index (κ2) is 8.65. The van der Waals surface area contributed by atoms with Crippen molar-refractivity contribution in [3.05, 3.63) is 74.3 Å². The first-order valence-corrected chi connectivity index (χ1v) is 7.43. The normalized spacial score (nSPS) is 12.5. The van der Waals surface area contributed by atoms with Gasteiger partial charge in [-0.2, -0.15) is 5.10 Å². The standard InChI is InChI=1S/C16H16N4O6/c1-26-15(10-21)16(11-5-3-2-4-6-11)18-17-13-8-7-12(19(22)23)9-14(13)20(24)25/h2-9,15,17,21H,10H2,1H3/b18-16-/t15-/m0/s1. The SMILES string of the molecule is CO[C@@H](CO)/C(=N\Nc1ccc([N+](=O)[O-])cc1[N+](=O)[O-])c1ccccc1. The molecule has 26 heavy (non-hydrogen) atoms. The molecule has 0 aliphatic heterocycles. The molecule has 2 aromatic carbocycles. The molecule has 0 unspecified atom stereocenters. The highest BCUT2D eigenvalue weighted by molar-refractivity contribution is 6.04. The van der Waals surface area contributed by atoms with Crippen molar-refractivity contribution in [1.82, 2.24) is 0 Å². The molecule has 136 valence electrons. The van der Waals surface area contributed by atoms with Crippen molar-refractivity contribution in [3.63, 3.8) is 0 Å². The van der Waals surface area contributed by atoms with Gasteiger partial charge in [0, 0.05) is 18.7 Å². The van der Waals surface area contributed by atoms with E-state index >= 15 is 0 Å². The highest BCUT2D eigenvalue weighted by atomic mass is 16.6. The lowest BCUT2D eigenvalue weighted by Gasteiger charge is -2.16. The number of anilines is 1. The van der Waals surface area contributed by atoms with Crippen LogP contribution in [-0.2, 0) is 4.74 Å². The van der Waals surface area contributed by atoms with E-state index in [2.05, 4.69) is 10.5 Å². The molecule has 10 heteroatoms. The number of nitrogens with zero attached hydrogens (tertiary/aromatic N) is 3. The van der Waals surface area contributed by atoms with Gasteiger partial charge in [-0.3, -0.25) is 25.7 Å². The van der Waals surface area contributed by atoms with Gasteiger partial charge in [-0.15, -0.1) is 0 Å². The summed E-state index contributed by atoms with van der Waals surface area (Å²) in [4.78, 5) is 20.5. The monoisotopic (exact) mass is 360 g/mol. The molecule has 0 heterocycles. The van der Waals surface area contributed by atoms with Gasteiger partial charge in [0.25, 0.3) is 5.69 Å². The third kappa shape index (κ3) is 4.37. The van der Waals surface area contributed by atoms with Crippen LogP contribution >= 0.6 is 0 Å². The van der Waals surface area contributed by atoms with Crippen LogP contribution in [0.5, 0.6) is 0 Å². The fourth-order valence-electron chi connectivity index (χ4n) is 2.20. The van der Waals surface area contributed by atoms with Crippen LogP contribution in [0.15, 0.2) is 53.6 Å². The number of non-ortho nitro benzene ring substituents is 1. The molecule has 0 saturated heterocycles. The fraction of sp³-hybridized carbons (Fsp3) is 0.188. The van der Waals surface area contributed by atoms with E-state index < -0.39 is 27.3 Å². The van der Waals surface area contributed by atoms with Gasteiger partial charge >= 0.3 is 5.69 Å². The predicted molar refractivity (Wildman–Crippen MR) is 94.2 cm³/mol. The van der Waals surface area contributed by atoms with E-state index in [1.807, 2.05) is 0 Å². The number of rotatable bonds is 8. The van der Waals surface area contributed by atoms with Crippen LogP contribution in [-0.4, -0.2) is 40.5 Å². The summed E-state index contributed by atoms with van der Waals surface area (Å²) < 4.78 is 5.19. The summed E-state index contributed by atoms with van der Waals surface area (Å²) in [6.45, 7) is -0.353. The highest BCUT2D eigenvalue weighted by Crippen LogP contribution is 2.29. The Labute approximate surface area is 148 Å². The van der Waals surface area contributed by atoms with Gasteiger partial charge in [-0.05, 0) is 6.07 Å². The fourth-order valence-corrected chi connectivity index (χ4v) is 2.20. The lowest BCUT2D eigenvalue weighted by atomic mass is 10.1. The van der Waals surface area contributed by atoms with E-state index in [1.54, 1.807) is 30.3 Å². The molecule has 0 saturated carbocycles. The number of aliphatic hydroxyl groups excluding tert-OH is 1. The van der Waals surface area contributed by atoms with E-state index in [0.29, 0.717) is 11.3 Å². The van der Waals surface area contributed by atoms with E-state index in [9.17, 15) is 25.3 Å². The molecule has 1 atom stereocenters. The molecular weight excluding hydrogens is 344 g/mol. The smallest absolute Gasteiger partial charge is 0.301 e. The lowest BCUT2D eigenvalue weighted by Crippen LogP contribution is -2.28. The van der Waals surface area contributed by atoms with E-state index in [1.165, 1.54) is 13.2 Å². The lowest BCUT2D eigenvalue weighted by molar-refractivity contribution is -0.393. The zero-order valence-corrected chi connectivity index (χ0v) is 13.7. The molecule has 0 fully saturated rings. The Balaban J connectivity index is 2.43. The van der Waals surface area contributed by atoms with Crippen molar-refractivity contribution in [3.8, 4) is 0 Å². The molecule has 0 bridgehead atoms. The van der Waals surface area contributed by atoms with Gasteiger partial charge in [0.15, 0.2) is 0 Å². The molecule has 10 nitrogen and oxygen atoms in total. The summed E-state index contributed by atoms with van der Waals surface area (Å²) in [5, 5.41) is 35.6. The van der Waals surface area contributed by atoms with Crippen LogP contribution in [0.2, 0.25) is 0 Å². The second-order valence-corrected chi connectivity index (χ2v) is 5.10. The van der Waals surface area contributed by atoms with Gasteiger partial charge < -0.3 is 9.84 Å². The molecule has 2 aromatic rings. The third-order valence-corrected chi connectivity index (χ3v) is 3.51. The Morgan fingerprint density at radius 2 is 1.88 bits per heavy atom. The molecule has 2 N–H and O–H groups in total. The number of ether oxygens (including phenoxy) is 1. The van der Waals surface area contributed by atoms with Crippen molar-refractivity contribution in [2.24, 2.45) is 5.10 Å². The number of aliphatic hydroxyl groups is 1. The molecule has 0 aromatic heterocycles. The van der Waals surface area contributed by atoms with Crippen LogP contribution in [0.4, 0.5) is 17.1 Å². The van der Waals surface area contributed by atoms with Crippen molar-refractivity contribution in [2.45, 2.75) is 6.10 Å². The van der Waals surface area contributed by atoms with Crippen LogP contribution in [0.1, 0.15) is 5.56 Å².